The number of rotatable bonds is 4. The minimum absolute atomic E-state index is 0.226. The first-order chi connectivity index (χ1) is 11.2. The zero-order valence-corrected chi connectivity index (χ0v) is 14.1. The van der Waals surface area contributed by atoms with Crippen LogP contribution in [0.1, 0.15) is 29.5 Å². The molecule has 4 heteroatoms. The van der Waals surface area contributed by atoms with E-state index in [1.807, 2.05) is 37.3 Å². The van der Waals surface area contributed by atoms with Crippen molar-refractivity contribution < 1.29 is 14.3 Å². The van der Waals surface area contributed by atoms with E-state index < -0.39 is 4.93 Å². The summed E-state index contributed by atoms with van der Waals surface area (Å²) in [6, 6.07) is 18.3. The van der Waals surface area contributed by atoms with E-state index >= 15 is 0 Å². The largest absolute Gasteiger partial charge is 0.469 e. The second-order valence-corrected chi connectivity index (χ2v) is 6.82. The fourth-order valence-corrected chi connectivity index (χ4v) is 4.11. The van der Waals surface area contributed by atoms with Crippen LogP contribution in [0.25, 0.3) is 0 Å². The van der Waals surface area contributed by atoms with E-state index in [0.29, 0.717) is 0 Å². The van der Waals surface area contributed by atoms with Gasteiger partial charge in [-0.25, -0.2) is 0 Å². The summed E-state index contributed by atoms with van der Waals surface area (Å²) in [5.74, 6) is 0.432. The number of thioether (sulfide) groups is 1. The first-order valence-electron chi connectivity index (χ1n) is 7.69. The zero-order chi connectivity index (χ0) is 16.3. The normalized spacial score (nSPS) is 21.8. The highest BCUT2D eigenvalue weighted by atomic mass is 32.2. The monoisotopic (exact) mass is 328 g/mol. The molecule has 1 heterocycles. The zero-order valence-electron chi connectivity index (χ0n) is 13.3. The highest BCUT2D eigenvalue weighted by Crippen LogP contribution is 2.48. The maximum atomic E-state index is 11.8. The molecule has 0 amide bonds. The number of hydrogen-bond donors (Lipinski definition) is 0. The van der Waals surface area contributed by atoms with E-state index in [1.165, 1.54) is 7.11 Å². The van der Waals surface area contributed by atoms with Crippen LogP contribution in [0.2, 0.25) is 0 Å². The molecule has 0 bridgehead atoms. The van der Waals surface area contributed by atoms with Gasteiger partial charge >= 0.3 is 5.97 Å². The Balaban J connectivity index is 2.03. The van der Waals surface area contributed by atoms with Crippen molar-refractivity contribution in [2.24, 2.45) is 0 Å². The van der Waals surface area contributed by atoms with Gasteiger partial charge in [-0.3, -0.25) is 4.79 Å². The molecule has 3 rings (SSSR count). The lowest BCUT2D eigenvalue weighted by atomic mass is 9.94. The number of carbonyl (C=O) groups excluding carboxylic acids is 1. The van der Waals surface area contributed by atoms with Crippen LogP contribution < -0.4 is 0 Å². The summed E-state index contributed by atoms with van der Waals surface area (Å²) in [7, 11) is 1.42. The summed E-state index contributed by atoms with van der Waals surface area (Å²) in [6.45, 7) is 2.58. The van der Waals surface area contributed by atoms with Crippen LogP contribution in [-0.2, 0) is 19.2 Å². The van der Waals surface area contributed by atoms with Crippen molar-refractivity contribution in [2.75, 3.05) is 19.5 Å². The fraction of sp³-hybridized carbons (Fsp3) is 0.316. The second kappa shape index (κ2) is 6.77. The molecule has 0 aromatic heterocycles. The Morgan fingerprint density at radius 2 is 1.91 bits per heavy atom. The summed E-state index contributed by atoms with van der Waals surface area (Å²) in [6.07, 6.45) is 0. The Morgan fingerprint density at radius 1 is 1.17 bits per heavy atom. The molecule has 2 aromatic carbocycles. The molecule has 23 heavy (non-hydrogen) atoms. The van der Waals surface area contributed by atoms with E-state index in [9.17, 15) is 4.79 Å². The molecule has 2 atom stereocenters. The van der Waals surface area contributed by atoms with Crippen molar-refractivity contribution in [3.63, 3.8) is 0 Å². The number of esters is 1. The lowest BCUT2D eigenvalue weighted by Crippen LogP contribution is -2.23. The standard InChI is InChI=1S/C19H20O3S/c1-14(18(20)21-2)15-7-6-10-17(13-15)19(22-11-12-23-19)16-8-4-3-5-9-16/h3-10,13-14H,11-12H2,1-2H3. The summed E-state index contributed by atoms with van der Waals surface area (Å²) in [5, 5.41) is 0. The molecule has 0 spiro atoms. The summed E-state index contributed by atoms with van der Waals surface area (Å²) >= 11 is 1.79. The highest BCUT2D eigenvalue weighted by molar-refractivity contribution is 8.00. The van der Waals surface area contributed by atoms with E-state index in [2.05, 4.69) is 24.3 Å². The van der Waals surface area contributed by atoms with Gasteiger partial charge in [0.2, 0.25) is 0 Å². The molecule has 120 valence electrons. The van der Waals surface area contributed by atoms with E-state index in [0.717, 1.165) is 29.1 Å². The molecule has 0 radical (unpaired) electrons. The average molecular weight is 328 g/mol. The number of benzene rings is 2. The van der Waals surface area contributed by atoms with E-state index in [-0.39, 0.29) is 11.9 Å². The third kappa shape index (κ3) is 3.01. The van der Waals surface area contributed by atoms with Crippen molar-refractivity contribution in [3.8, 4) is 0 Å². The van der Waals surface area contributed by atoms with Crippen LogP contribution in [0, 0.1) is 0 Å². The average Bonchev–Trinajstić information content (AvgIpc) is 3.12. The third-order valence-corrected chi connectivity index (χ3v) is 5.54. The third-order valence-electron chi connectivity index (χ3n) is 4.17. The first-order valence-corrected chi connectivity index (χ1v) is 8.67. The summed E-state index contributed by atoms with van der Waals surface area (Å²) < 4.78 is 11.0. The fourth-order valence-electron chi connectivity index (χ4n) is 2.90. The van der Waals surface area contributed by atoms with Crippen molar-refractivity contribution in [1.29, 1.82) is 0 Å². The predicted molar refractivity (Wildman–Crippen MR) is 92.5 cm³/mol. The molecular weight excluding hydrogens is 308 g/mol. The van der Waals surface area contributed by atoms with Crippen molar-refractivity contribution in [3.05, 3.63) is 71.3 Å². The molecule has 1 fully saturated rings. The van der Waals surface area contributed by atoms with Crippen LogP contribution >= 0.6 is 11.8 Å². The SMILES string of the molecule is COC(=O)C(C)c1cccc(C2(c3ccccc3)OCCS2)c1. The Morgan fingerprint density at radius 3 is 2.57 bits per heavy atom. The van der Waals surface area contributed by atoms with Gasteiger partial charge in [0.1, 0.15) is 0 Å². The van der Waals surface area contributed by atoms with E-state index in [1.54, 1.807) is 11.8 Å². The van der Waals surface area contributed by atoms with Gasteiger partial charge in [-0.05, 0) is 23.6 Å². The predicted octanol–water partition coefficient (Wildman–Crippen LogP) is 3.93. The molecule has 1 aliphatic heterocycles. The van der Waals surface area contributed by atoms with Crippen LogP contribution in [0.5, 0.6) is 0 Å². The van der Waals surface area contributed by atoms with Gasteiger partial charge in [0.05, 0.1) is 19.6 Å². The topological polar surface area (TPSA) is 35.5 Å². The number of carbonyl (C=O) groups is 1. The van der Waals surface area contributed by atoms with Crippen molar-refractivity contribution >= 4 is 17.7 Å². The van der Waals surface area contributed by atoms with Crippen LogP contribution in [0.3, 0.4) is 0 Å². The summed E-state index contributed by atoms with van der Waals surface area (Å²) in [4.78, 5) is 11.3. The Hall–Kier alpha value is -1.78. The molecule has 1 aliphatic rings. The molecule has 2 unspecified atom stereocenters. The smallest absolute Gasteiger partial charge is 0.312 e. The van der Waals surface area contributed by atoms with Crippen LogP contribution in [0.15, 0.2) is 54.6 Å². The summed E-state index contributed by atoms with van der Waals surface area (Å²) in [5.41, 5.74) is 3.14. The van der Waals surface area contributed by atoms with Gasteiger partial charge in [-0.2, -0.15) is 0 Å². The van der Waals surface area contributed by atoms with Gasteiger partial charge in [-0.1, -0.05) is 54.6 Å². The molecule has 2 aromatic rings. The van der Waals surface area contributed by atoms with Crippen LogP contribution in [-0.4, -0.2) is 25.4 Å². The van der Waals surface area contributed by atoms with Gasteiger partial charge in [0.15, 0.2) is 4.93 Å². The Labute approximate surface area is 141 Å². The van der Waals surface area contributed by atoms with Crippen molar-refractivity contribution in [1.82, 2.24) is 0 Å². The molecule has 0 saturated carbocycles. The number of ether oxygens (including phenoxy) is 2. The van der Waals surface area contributed by atoms with Crippen LogP contribution in [0.4, 0.5) is 0 Å². The molecule has 0 N–H and O–H groups in total. The van der Waals surface area contributed by atoms with Crippen molar-refractivity contribution in [2.45, 2.75) is 17.8 Å². The van der Waals surface area contributed by atoms with Gasteiger partial charge in [-0.15, -0.1) is 11.8 Å². The quantitative estimate of drug-likeness (QED) is 0.797. The lowest BCUT2D eigenvalue weighted by Gasteiger charge is -2.29. The van der Waals surface area contributed by atoms with E-state index in [4.69, 9.17) is 9.47 Å². The molecular formula is C19H20O3S. The first kappa shape index (κ1) is 16.1. The second-order valence-electron chi connectivity index (χ2n) is 5.55. The molecule has 0 aliphatic carbocycles. The van der Waals surface area contributed by atoms with Gasteiger partial charge < -0.3 is 9.47 Å². The Kier molecular flexibility index (Phi) is 4.74. The maximum Gasteiger partial charge on any atom is 0.312 e. The minimum atomic E-state index is -0.493. The highest BCUT2D eigenvalue weighted by Gasteiger charge is 2.40. The number of methoxy groups -OCH3 is 1. The number of hydrogen-bond acceptors (Lipinski definition) is 4. The molecule has 1 saturated heterocycles. The molecule has 3 nitrogen and oxygen atoms in total. The van der Waals surface area contributed by atoms with Gasteiger partial charge in [0.25, 0.3) is 0 Å². The Bertz CT molecular complexity index is 678. The maximum absolute atomic E-state index is 11.8. The minimum Gasteiger partial charge on any atom is -0.469 e. The van der Waals surface area contributed by atoms with Gasteiger partial charge in [0, 0.05) is 5.75 Å². The lowest BCUT2D eigenvalue weighted by molar-refractivity contribution is -0.141.